The SMILES string of the molecule is Cc1cc2ncn(CCCCOc3cc(C)c(Cl)c(C)c3)c2cc1C. The summed E-state index contributed by atoms with van der Waals surface area (Å²) in [5, 5.41) is 0.824. The van der Waals surface area contributed by atoms with Gasteiger partial charge in [-0.15, -0.1) is 0 Å². The van der Waals surface area contributed by atoms with E-state index in [4.69, 9.17) is 16.3 Å². The summed E-state index contributed by atoms with van der Waals surface area (Å²) in [5.74, 6) is 0.901. The molecule has 3 aromatic rings. The molecule has 0 unspecified atom stereocenters. The average molecular weight is 357 g/mol. The number of aromatic nitrogens is 2. The van der Waals surface area contributed by atoms with Crippen LogP contribution < -0.4 is 4.74 Å². The molecule has 0 radical (unpaired) electrons. The van der Waals surface area contributed by atoms with E-state index in [1.165, 1.54) is 16.6 Å². The first-order valence-corrected chi connectivity index (χ1v) is 9.15. The minimum absolute atomic E-state index is 0.714. The van der Waals surface area contributed by atoms with Crippen LogP contribution in [0.15, 0.2) is 30.6 Å². The molecule has 1 heterocycles. The average Bonchev–Trinajstić information content (AvgIpc) is 2.94. The monoisotopic (exact) mass is 356 g/mol. The van der Waals surface area contributed by atoms with E-state index < -0.39 is 0 Å². The van der Waals surface area contributed by atoms with Crippen LogP contribution in [0.25, 0.3) is 11.0 Å². The Morgan fingerprint density at radius 2 is 1.60 bits per heavy atom. The maximum atomic E-state index is 6.19. The van der Waals surface area contributed by atoms with Crippen LogP contribution in [0.2, 0.25) is 5.02 Å². The highest BCUT2D eigenvalue weighted by Crippen LogP contribution is 2.26. The molecule has 0 spiro atoms. The number of halogens is 1. The van der Waals surface area contributed by atoms with E-state index in [0.29, 0.717) is 6.61 Å². The Morgan fingerprint density at radius 1 is 0.920 bits per heavy atom. The summed E-state index contributed by atoms with van der Waals surface area (Å²) in [6.07, 6.45) is 4.01. The molecule has 0 aliphatic heterocycles. The van der Waals surface area contributed by atoms with Gasteiger partial charge < -0.3 is 9.30 Å². The van der Waals surface area contributed by atoms with E-state index in [2.05, 4.69) is 35.5 Å². The van der Waals surface area contributed by atoms with Gasteiger partial charge in [0, 0.05) is 11.6 Å². The van der Waals surface area contributed by atoms with E-state index in [-0.39, 0.29) is 0 Å². The Labute approximate surface area is 154 Å². The smallest absolute Gasteiger partial charge is 0.119 e. The second-order valence-corrected chi connectivity index (χ2v) is 7.17. The van der Waals surface area contributed by atoms with E-state index in [0.717, 1.165) is 46.8 Å². The third kappa shape index (κ3) is 3.98. The summed E-state index contributed by atoms with van der Waals surface area (Å²) in [5.41, 5.74) is 7.02. The van der Waals surface area contributed by atoms with Crippen molar-refractivity contribution in [3.63, 3.8) is 0 Å². The molecular formula is C21H25ClN2O. The quantitative estimate of drug-likeness (QED) is 0.523. The fourth-order valence-corrected chi connectivity index (χ4v) is 3.16. The lowest BCUT2D eigenvalue weighted by Crippen LogP contribution is -2.02. The van der Waals surface area contributed by atoms with Gasteiger partial charge in [-0.3, -0.25) is 0 Å². The number of unbranched alkanes of at least 4 members (excludes halogenated alkanes) is 1. The van der Waals surface area contributed by atoms with Gasteiger partial charge in [0.1, 0.15) is 5.75 Å². The maximum absolute atomic E-state index is 6.19. The summed E-state index contributed by atoms with van der Waals surface area (Å²) in [6.45, 7) is 9.97. The van der Waals surface area contributed by atoms with Crippen LogP contribution in [0.5, 0.6) is 5.75 Å². The van der Waals surface area contributed by atoms with Crippen molar-refractivity contribution in [1.82, 2.24) is 9.55 Å². The fraction of sp³-hybridized carbons (Fsp3) is 0.381. The number of imidazole rings is 1. The van der Waals surface area contributed by atoms with Crippen molar-refractivity contribution in [3.05, 3.63) is 57.9 Å². The van der Waals surface area contributed by atoms with Crippen LogP contribution in [0.1, 0.15) is 35.1 Å². The Morgan fingerprint density at radius 3 is 2.32 bits per heavy atom. The summed E-state index contributed by atoms with van der Waals surface area (Å²) in [4.78, 5) is 4.51. The molecule has 0 aliphatic carbocycles. The first-order chi connectivity index (χ1) is 12.0. The summed E-state index contributed by atoms with van der Waals surface area (Å²) in [6, 6.07) is 8.40. The predicted molar refractivity (Wildman–Crippen MR) is 105 cm³/mol. The highest BCUT2D eigenvalue weighted by atomic mass is 35.5. The molecule has 0 bridgehead atoms. The number of ether oxygens (including phenoxy) is 1. The molecule has 0 amide bonds. The molecule has 0 atom stereocenters. The second kappa shape index (κ2) is 7.49. The second-order valence-electron chi connectivity index (χ2n) is 6.79. The van der Waals surface area contributed by atoms with Gasteiger partial charge in [-0.2, -0.15) is 0 Å². The van der Waals surface area contributed by atoms with Crippen LogP contribution >= 0.6 is 11.6 Å². The van der Waals surface area contributed by atoms with Crippen molar-refractivity contribution >= 4 is 22.6 Å². The standard InChI is InChI=1S/C21H25ClN2O/c1-14-11-19-20(12-15(14)2)24(13-23-19)7-5-6-8-25-18-9-16(3)21(22)17(4)10-18/h9-13H,5-8H2,1-4H3. The first kappa shape index (κ1) is 17.8. The highest BCUT2D eigenvalue weighted by Gasteiger charge is 2.06. The van der Waals surface area contributed by atoms with Crippen LogP contribution in [0.4, 0.5) is 0 Å². The number of aryl methyl sites for hydroxylation is 5. The summed E-state index contributed by atoms with van der Waals surface area (Å²) < 4.78 is 8.12. The Hall–Kier alpha value is -2.00. The van der Waals surface area contributed by atoms with Crippen LogP contribution in [-0.2, 0) is 6.54 Å². The largest absolute Gasteiger partial charge is 0.494 e. The molecule has 3 nitrogen and oxygen atoms in total. The molecule has 132 valence electrons. The Bertz CT molecular complexity index is 875. The topological polar surface area (TPSA) is 27.1 Å². The molecule has 2 aromatic carbocycles. The summed E-state index contributed by atoms with van der Waals surface area (Å²) >= 11 is 6.19. The molecule has 0 fully saturated rings. The maximum Gasteiger partial charge on any atom is 0.119 e. The summed E-state index contributed by atoms with van der Waals surface area (Å²) in [7, 11) is 0. The number of hydrogen-bond acceptors (Lipinski definition) is 2. The van der Waals surface area contributed by atoms with Gasteiger partial charge in [0.2, 0.25) is 0 Å². The zero-order valence-corrected chi connectivity index (χ0v) is 16.2. The van der Waals surface area contributed by atoms with Crippen molar-refractivity contribution in [1.29, 1.82) is 0 Å². The minimum Gasteiger partial charge on any atom is -0.494 e. The van der Waals surface area contributed by atoms with Crippen LogP contribution in [-0.4, -0.2) is 16.2 Å². The number of rotatable bonds is 6. The van der Waals surface area contributed by atoms with Crippen molar-refractivity contribution < 1.29 is 4.74 Å². The fourth-order valence-electron chi connectivity index (χ4n) is 3.06. The van der Waals surface area contributed by atoms with Crippen LogP contribution in [0.3, 0.4) is 0 Å². The number of nitrogens with zero attached hydrogens (tertiary/aromatic N) is 2. The molecule has 0 saturated carbocycles. The lowest BCUT2D eigenvalue weighted by molar-refractivity contribution is 0.303. The van der Waals surface area contributed by atoms with Gasteiger partial charge >= 0.3 is 0 Å². The van der Waals surface area contributed by atoms with Gasteiger partial charge in [0.05, 0.1) is 24.0 Å². The predicted octanol–water partition coefficient (Wildman–Crippen LogP) is 5.78. The van der Waals surface area contributed by atoms with Gasteiger partial charge in [0.15, 0.2) is 0 Å². The van der Waals surface area contributed by atoms with Crippen molar-refractivity contribution in [2.24, 2.45) is 0 Å². The Kier molecular flexibility index (Phi) is 5.33. The van der Waals surface area contributed by atoms with Crippen LogP contribution in [0, 0.1) is 27.7 Å². The molecule has 0 saturated heterocycles. The lowest BCUT2D eigenvalue weighted by atomic mass is 10.1. The molecular weight excluding hydrogens is 332 g/mol. The van der Waals surface area contributed by atoms with E-state index in [1.807, 2.05) is 32.3 Å². The van der Waals surface area contributed by atoms with Gasteiger partial charge in [-0.1, -0.05) is 11.6 Å². The molecule has 3 rings (SSSR count). The minimum atomic E-state index is 0.714. The van der Waals surface area contributed by atoms with E-state index >= 15 is 0 Å². The lowest BCUT2D eigenvalue weighted by Gasteiger charge is -2.10. The molecule has 25 heavy (non-hydrogen) atoms. The first-order valence-electron chi connectivity index (χ1n) is 8.77. The zero-order valence-electron chi connectivity index (χ0n) is 15.4. The van der Waals surface area contributed by atoms with Gasteiger partial charge in [0.25, 0.3) is 0 Å². The molecule has 4 heteroatoms. The Balaban J connectivity index is 1.53. The number of hydrogen-bond donors (Lipinski definition) is 0. The number of benzene rings is 2. The van der Waals surface area contributed by atoms with Crippen molar-refractivity contribution in [3.8, 4) is 5.75 Å². The van der Waals surface area contributed by atoms with Gasteiger partial charge in [-0.05, 0) is 87.1 Å². The molecule has 0 aliphatic rings. The normalized spacial score (nSPS) is 11.2. The molecule has 0 N–H and O–H groups in total. The third-order valence-corrected chi connectivity index (χ3v) is 5.30. The van der Waals surface area contributed by atoms with Crippen molar-refractivity contribution in [2.45, 2.75) is 47.1 Å². The highest BCUT2D eigenvalue weighted by molar-refractivity contribution is 6.32. The molecule has 1 aromatic heterocycles. The third-order valence-electron chi connectivity index (χ3n) is 4.71. The van der Waals surface area contributed by atoms with Gasteiger partial charge in [-0.25, -0.2) is 4.98 Å². The zero-order chi connectivity index (χ0) is 18.0. The van der Waals surface area contributed by atoms with E-state index in [1.54, 1.807) is 0 Å². The van der Waals surface area contributed by atoms with E-state index in [9.17, 15) is 0 Å². The number of fused-ring (bicyclic) bond motifs is 1. The van der Waals surface area contributed by atoms with Crippen molar-refractivity contribution in [2.75, 3.05) is 6.61 Å².